The summed E-state index contributed by atoms with van der Waals surface area (Å²) in [4.78, 5) is 23.1. The van der Waals surface area contributed by atoms with Gasteiger partial charge in [-0.2, -0.15) is 4.98 Å². The molecule has 150 valence electrons. The van der Waals surface area contributed by atoms with Crippen LogP contribution in [0.25, 0.3) is 0 Å². The largest absolute Gasteiger partial charge is 0.467 e. The number of carbonyl (C=O) groups is 1. The van der Waals surface area contributed by atoms with Crippen molar-refractivity contribution in [3.63, 3.8) is 0 Å². The zero-order chi connectivity index (χ0) is 19.8. The Bertz CT molecular complexity index is 776. The molecule has 1 N–H and O–H groups in total. The van der Waals surface area contributed by atoms with Gasteiger partial charge in [-0.15, -0.1) is 0 Å². The molecule has 1 aromatic heterocycles. The molecule has 0 radical (unpaired) electrons. The summed E-state index contributed by atoms with van der Waals surface area (Å²) in [5.74, 6) is 0.711. The van der Waals surface area contributed by atoms with Gasteiger partial charge in [-0.1, -0.05) is 29.8 Å². The minimum absolute atomic E-state index is 0.113. The Kier molecular flexibility index (Phi) is 7.16. The van der Waals surface area contributed by atoms with E-state index in [4.69, 9.17) is 14.2 Å². The molecule has 1 aliphatic heterocycles. The number of ether oxygens (including phenoxy) is 3. The molecule has 3 rings (SSSR count). The Balaban J connectivity index is 1.58. The molecule has 2 heterocycles. The summed E-state index contributed by atoms with van der Waals surface area (Å²) in [5, 5.41) is 2.85. The average Bonchev–Trinajstić information content (AvgIpc) is 2.72. The second kappa shape index (κ2) is 10.0. The van der Waals surface area contributed by atoms with Crippen molar-refractivity contribution in [2.75, 3.05) is 44.9 Å². The van der Waals surface area contributed by atoms with Crippen LogP contribution in [0.2, 0.25) is 0 Å². The number of benzene rings is 1. The molecular weight excluding hydrogens is 360 g/mol. The lowest BCUT2D eigenvalue weighted by Crippen LogP contribution is -2.37. The van der Waals surface area contributed by atoms with Crippen LogP contribution in [0.3, 0.4) is 0 Å². The first-order chi connectivity index (χ1) is 13.6. The quantitative estimate of drug-likeness (QED) is 0.735. The third-order valence-corrected chi connectivity index (χ3v) is 4.29. The molecule has 2 aromatic rings. The van der Waals surface area contributed by atoms with Gasteiger partial charge in [0.15, 0.2) is 6.61 Å². The molecular formula is C20H26N4O4. The van der Waals surface area contributed by atoms with Crippen molar-refractivity contribution < 1.29 is 19.0 Å². The molecule has 0 unspecified atom stereocenters. The maximum absolute atomic E-state index is 12.1. The third kappa shape index (κ3) is 5.90. The highest BCUT2D eigenvalue weighted by atomic mass is 16.5. The van der Waals surface area contributed by atoms with E-state index in [2.05, 4.69) is 15.3 Å². The number of hydrogen-bond donors (Lipinski definition) is 1. The van der Waals surface area contributed by atoms with Crippen LogP contribution in [0.15, 0.2) is 30.3 Å². The van der Waals surface area contributed by atoms with Crippen LogP contribution in [0.4, 0.5) is 5.95 Å². The van der Waals surface area contributed by atoms with Crippen molar-refractivity contribution in [1.29, 1.82) is 0 Å². The summed E-state index contributed by atoms with van der Waals surface area (Å²) >= 11 is 0. The predicted molar refractivity (Wildman–Crippen MR) is 104 cm³/mol. The van der Waals surface area contributed by atoms with Crippen LogP contribution < -0.4 is 15.0 Å². The normalized spacial score (nSPS) is 14.0. The van der Waals surface area contributed by atoms with Crippen molar-refractivity contribution in [1.82, 2.24) is 15.3 Å². The number of aromatic nitrogens is 2. The zero-order valence-corrected chi connectivity index (χ0v) is 16.3. The van der Waals surface area contributed by atoms with E-state index in [1.54, 1.807) is 13.2 Å². The highest BCUT2D eigenvalue weighted by Gasteiger charge is 2.16. The van der Waals surface area contributed by atoms with E-state index < -0.39 is 0 Å². The second-order valence-corrected chi connectivity index (χ2v) is 6.58. The molecule has 0 bridgehead atoms. The fraction of sp³-hybridized carbons (Fsp3) is 0.450. The molecule has 1 fully saturated rings. The maximum atomic E-state index is 12.1. The molecule has 8 nitrogen and oxygen atoms in total. The number of anilines is 1. The maximum Gasteiger partial charge on any atom is 0.258 e. The van der Waals surface area contributed by atoms with E-state index in [1.807, 2.05) is 36.1 Å². The van der Waals surface area contributed by atoms with Crippen LogP contribution in [-0.4, -0.2) is 55.9 Å². The number of morpholine rings is 1. The van der Waals surface area contributed by atoms with Crippen molar-refractivity contribution in [2.24, 2.45) is 0 Å². The Labute approximate surface area is 164 Å². The zero-order valence-electron chi connectivity index (χ0n) is 16.3. The number of rotatable bonds is 8. The smallest absolute Gasteiger partial charge is 0.258 e. The number of methoxy groups -OCH3 is 1. The Morgan fingerprint density at radius 2 is 1.96 bits per heavy atom. The molecule has 0 atom stereocenters. The lowest BCUT2D eigenvalue weighted by atomic mass is 10.1. The van der Waals surface area contributed by atoms with Gasteiger partial charge in [-0.3, -0.25) is 4.79 Å². The Morgan fingerprint density at radius 3 is 2.68 bits per heavy atom. The number of carbonyl (C=O) groups excluding carboxylic acids is 1. The number of hydrogen-bond acceptors (Lipinski definition) is 7. The van der Waals surface area contributed by atoms with Gasteiger partial charge in [0, 0.05) is 32.8 Å². The predicted octanol–water partition coefficient (Wildman–Crippen LogP) is 1.46. The topological polar surface area (TPSA) is 85.8 Å². The first kappa shape index (κ1) is 20.0. The van der Waals surface area contributed by atoms with Gasteiger partial charge in [-0.05, 0) is 12.5 Å². The van der Waals surface area contributed by atoms with Crippen molar-refractivity contribution in [2.45, 2.75) is 20.1 Å². The minimum Gasteiger partial charge on any atom is -0.467 e. The van der Waals surface area contributed by atoms with Gasteiger partial charge < -0.3 is 24.4 Å². The van der Waals surface area contributed by atoms with Gasteiger partial charge in [-0.25, -0.2) is 4.98 Å². The van der Waals surface area contributed by atoms with Crippen LogP contribution in [0.1, 0.15) is 16.8 Å². The van der Waals surface area contributed by atoms with Crippen LogP contribution in [0.5, 0.6) is 5.88 Å². The Hall–Kier alpha value is -2.71. The average molecular weight is 386 g/mol. The van der Waals surface area contributed by atoms with Gasteiger partial charge in [0.25, 0.3) is 5.91 Å². The van der Waals surface area contributed by atoms with E-state index in [9.17, 15) is 4.79 Å². The molecule has 0 saturated carbocycles. The first-order valence-electron chi connectivity index (χ1n) is 9.28. The number of aryl methyl sites for hydroxylation is 1. The van der Waals surface area contributed by atoms with Gasteiger partial charge in [0.2, 0.25) is 11.8 Å². The molecule has 1 aliphatic rings. The summed E-state index contributed by atoms with van der Waals surface area (Å²) in [6.07, 6.45) is 0. The number of nitrogens with one attached hydrogen (secondary N) is 1. The van der Waals surface area contributed by atoms with Crippen molar-refractivity contribution in [3.05, 3.63) is 47.2 Å². The van der Waals surface area contributed by atoms with E-state index >= 15 is 0 Å². The highest BCUT2D eigenvalue weighted by Crippen LogP contribution is 2.17. The second-order valence-electron chi connectivity index (χ2n) is 6.58. The standard InChI is InChI=1S/C20H26N4O4/c1-15-3-5-16(6-4-15)12-21-18(25)14-28-19-11-17(13-26-2)22-20(23-19)24-7-9-27-10-8-24/h3-6,11H,7-10,12-14H2,1-2H3,(H,21,25). The van der Waals surface area contributed by atoms with Crippen LogP contribution in [0, 0.1) is 6.92 Å². The summed E-state index contributed by atoms with van der Waals surface area (Å²) in [5.41, 5.74) is 2.93. The summed E-state index contributed by atoms with van der Waals surface area (Å²) < 4.78 is 16.2. The molecule has 28 heavy (non-hydrogen) atoms. The summed E-state index contributed by atoms with van der Waals surface area (Å²) in [6.45, 7) is 5.42. The molecule has 1 saturated heterocycles. The van der Waals surface area contributed by atoms with E-state index in [0.717, 1.165) is 5.56 Å². The molecule has 8 heteroatoms. The molecule has 1 amide bonds. The molecule has 0 spiro atoms. The number of nitrogens with zero attached hydrogens (tertiary/aromatic N) is 3. The monoisotopic (exact) mass is 386 g/mol. The fourth-order valence-electron chi connectivity index (χ4n) is 2.76. The summed E-state index contributed by atoms with van der Waals surface area (Å²) in [7, 11) is 1.61. The van der Waals surface area contributed by atoms with Crippen molar-refractivity contribution in [3.8, 4) is 5.88 Å². The van der Waals surface area contributed by atoms with E-state index in [0.29, 0.717) is 57.0 Å². The van der Waals surface area contributed by atoms with E-state index in [-0.39, 0.29) is 12.5 Å². The summed E-state index contributed by atoms with van der Waals surface area (Å²) in [6, 6.07) is 9.71. The van der Waals surface area contributed by atoms with Gasteiger partial charge >= 0.3 is 0 Å². The van der Waals surface area contributed by atoms with Crippen LogP contribution >= 0.6 is 0 Å². The first-order valence-corrected chi connectivity index (χ1v) is 9.28. The fourth-order valence-corrected chi connectivity index (χ4v) is 2.76. The SMILES string of the molecule is COCc1cc(OCC(=O)NCc2ccc(C)cc2)nc(N2CCOCC2)n1. The lowest BCUT2D eigenvalue weighted by molar-refractivity contribution is -0.123. The molecule has 1 aromatic carbocycles. The third-order valence-electron chi connectivity index (χ3n) is 4.29. The van der Waals surface area contributed by atoms with Gasteiger partial charge in [0.1, 0.15) is 0 Å². The van der Waals surface area contributed by atoms with Crippen LogP contribution in [-0.2, 0) is 27.4 Å². The van der Waals surface area contributed by atoms with Crippen molar-refractivity contribution >= 4 is 11.9 Å². The highest BCUT2D eigenvalue weighted by molar-refractivity contribution is 5.77. The number of amides is 1. The molecule has 0 aliphatic carbocycles. The van der Waals surface area contributed by atoms with Gasteiger partial charge in [0.05, 0.1) is 25.5 Å². The Morgan fingerprint density at radius 1 is 1.21 bits per heavy atom. The van der Waals surface area contributed by atoms with E-state index in [1.165, 1.54) is 5.56 Å². The lowest BCUT2D eigenvalue weighted by Gasteiger charge is -2.27. The minimum atomic E-state index is -0.208.